The molecule has 1 atom stereocenters. The Morgan fingerprint density at radius 1 is 1.13 bits per heavy atom. The van der Waals surface area contributed by atoms with Crippen molar-refractivity contribution in [1.29, 1.82) is 0 Å². The summed E-state index contributed by atoms with van der Waals surface area (Å²) in [6.07, 6.45) is 0. The molecule has 0 heterocycles. The molecule has 0 spiro atoms. The number of hydrogen-bond donors (Lipinski definition) is 0. The lowest BCUT2D eigenvalue weighted by Gasteiger charge is -2.35. The first-order valence-corrected chi connectivity index (χ1v) is 9.54. The molecule has 0 amide bonds. The Hall–Kier alpha value is -0.386. The molecule has 0 aliphatic heterocycles. The van der Waals surface area contributed by atoms with Crippen LogP contribution >= 0.6 is 0 Å². The molecular weight excluding hydrogens is 214 g/mol. The summed E-state index contributed by atoms with van der Waals surface area (Å²) in [4.78, 5) is 0. The van der Waals surface area contributed by atoms with Gasteiger partial charge in [0.05, 0.1) is 9.52 Å². The number of benzene rings is 1. The molecule has 0 fully saturated rings. The van der Waals surface area contributed by atoms with Gasteiger partial charge in [-0.15, -0.1) is 0 Å². The van der Waals surface area contributed by atoms with Crippen molar-refractivity contribution in [2.45, 2.75) is 25.2 Å². The molecule has 3 heteroatoms. The SMILES string of the molecule is CC([Si]c1ccccc1)[Si](C)(C)N(C)C. The fourth-order valence-electron chi connectivity index (χ4n) is 1.35. The van der Waals surface area contributed by atoms with Crippen LogP contribution in [-0.4, -0.2) is 36.4 Å². The lowest BCUT2D eigenvalue weighted by atomic mass is 10.4. The van der Waals surface area contributed by atoms with E-state index in [-0.39, 0.29) is 0 Å². The Kier molecular flexibility index (Phi) is 4.31. The summed E-state index contributed by atoms with van der Waals surface area (Å²) in [6, 6.07) is 10.9. The first-order valence-electron chi connectivity index (χ1n) is 5.43. The van der Waals surface area contributed by atoms with Gasteiger partial charge in [0.1, 0.15) is 8.24 Å². The van der Waals surface area contributed by atoms with Crippen LogP contribution in [-0.2, 0) is 0 Å². The van der Waals surface area contributed by atoms with Crippen molar-refractivity contribution in [2.24, 2.45) is 0 Å². The Labute approximate surface area is 97.4 Å². The zero-order valence-electron chi connectivity index (χ0n) is 10.4. The van der Waals surface area contributed by atoms with E-state index in [1.807, 2.05) is 0 Å². The molecular formula is C12H21NSi2. The third-order valence-corrected chi connectivity index (χ3v) is 11.4. The van der Waals surface area contributed by atoms with Crippen molar-refractivity contribution in [3.63, 3.8) is 0 Å². The predicted molar refractivity (Wildman–Crippen MR) is 72.4 cm³/mol. The standard InChI is InChI=1S/C12H21NSi2/c1-11(15(4,5)13(2)3)14-12-9-7-6-8-10-12/h6-11H,1-5H3. The van der Waals surface area contributed by atoms with E-state index in [9.17, 15) is 0 Å². The third-order valence-electron chi connectivity index (χ3n) is 3.37. The summed E-state index contributed by atoms with van der Waals surface area (Å²) < 4.78 is 2.45. The molecule has 1 nitrogen and oxygen atoms in total. The van der Waals surface area contributed by atoms with Gasteiger partial charge in [0.25, 0.3) is 0 Å². The number of rotatable bonds is 4. The highest BCUT2D eigenvalue weighted by molar-refractivity contribution is 6.86. The average molecular weight is 235 g/mol. The van der Waals surface area contributed by atoms with Crippen LogP contribution < -0.4 is 5.19 Å². The molecule has 82 valence electrons. The Bertz CT molecular complexity index is 296. The van der Waals surface area contributed by atoms with Gasteiger partial charge < -0.3 is 4.57 Å². The van der Waals surface area contributed by atoms with Gasteiger partial charge in [0, 0.05) is 0 Å². The fraction of sp³-hybridized carbons (Fsp3) is 0.500. The molecule has 0 bridgehead atoms. The topological polar surface area (TPSA) is 3.24 Å². The molecule has 0 saturated carbocycles. The largest absolute Gasteiger partial charge is 0.329 e. The molecule has 0 aromatic heterocycles. The maximum absolute atomic E-state index is 2.45. The lowest BCUT2D eigenvalue weighted by molar-refractivity contribution is 0.614. The van der Waals surface area contributed by atoms with Gasteiger partial charge in [-0.25, -0.2) is 0 Å². The molecule has 1 unspecified atom stereocenters. The molecule has 15 heavy (non-hydrogen) atoms. The summed E-state index contributed by atoms with van der Waals surface area (Å²) in [7, 11) is 4.16. The molecule has 0 aliphatic rings. The average Bonchev–Trinajstić information content (AvgIpc) is 2.18. The lowest BCUT2D eigenvalue weighted by Crippen LogP contribution is -2.50. The molecule has 1 rings (SSSR count). The van der Waals surface area contributed by atoms with E-state index in [0.29, 0.717) is 0 Å². The van der Waals surface area contributed by atoms with E-state index >= 15 is 0 Å². The van der Waals surface area contributed by atoms with Crippen molar-refractivity contribution in [3.8, 4) is 0 Å². The van der Waals surface area contributed by atoms with Crippen molar-refractivity contribution in [2.75, 3.05) is 14.1 Å². The maximum Gasteiger partial charge on any atom is 0.121 e. The summed E-state index contributed by atoms with van der Waals surface area (Å²) >= 11 is 0. The van der Waals surface area contributed by atoms with Crippen LogP contribution in [0.15, 0.2) is 30.3 Å². The van der Waals surface area contributed by atoms with Crippen LogP contribution in [0.4, 0.5) is 0 Å². The predicted octanol–water partition coefficient (Wildman–Crippen LogP) is 2.13. The van der Waals surface area contributed by atoms with E-state index in [0.717, 1.165) is 14.7 Å². The second kappa shape index (κ2) is 5.10. The van der Waals surface area contributed by atoms with Crippen LogP contribution in [0, 0.1) is 0 Å². The van der Waals surface area contributed by atoms with Crippen LogP contribution in [0.25, 0.3) is 0 Å². The first-order chi connectivity index (χ1) is 6.94. The van der Waals surface area contributed by atoms with Gasteiger partial charge in [-0.3, -0.25) is 0 Å². The second-order valence-corrected chi connectivity index (χ2v) is 12.2. The fourth-order valence-corrected chi connectivity index (χ4v) is 5.70. The Balaban J connectivity index is 2.67. The van der Waals surface area contributed by atoms with Gasteiger partial charge in [0.15, 0.2) is 0 Å². The quantitative estimate of drug-likeness (QED) is 0.723. The Morgan fingerprint density at radius 3 is 2.13 bits per heavy atom. The molecule has 0 aliphatic carbocycles. The molecule has 0 saturated heterocycles. The van der Waals surface area contributed by atoms with Gasteiger partial charge >= 0.3 is 0 Å². The van der Waals surface area contributed by atoms with Crippen molar-refractivity contribution >= 4 is 22.9 Å². The van der Waals surface area contributed by atoms with Gasteiger partial charge in [0.2, 0.25) is 0 Å². The second-order valence-electron chi connectivity index (χ2n) is 4.78. The zero-order valence-corrected chi connectivity index (χ0v) is 12.4. The monoisotopic (exact) mass is 235 g/mol. The summed E-state index contributed by atoms with van der Waals surface area (Å²) in [5.41, 5.74) is 0. The van der Waals surface area contributed by atoms with Gasteiger partial charge in [-0.2, -0.15) is 0 Å². The van der Waals surface area contributed by atoms with Gasteiger partial charge in [-0.1, -0.05) is 55.5 Å². The molecule has 1 aromatic carbocycles. The normalized spacial score (nSPS) is 14.3. The Morgan fingerprint density at radius 2 is 1.67 bits per heavy atom. The maximum atomic E-state index is 2.45. The summed E-state index contributed by atoms with van der Waals surface area (Å²) in [6.45, 7) is 7.30. The van der Waals surface area contributed by atoms with Crippen LogP contribution in [0.5, 0.6) is 0 Å². The van der Waals surface area contributed by atoms with E-state index < -0.39 is 8.24 Å². The van der Waals surface area contributed by atoms with Crippen molar-refractivity contribution in [1.82, 2.24) is 4.57 Å². The molecule has 0 N–H and O–H groups in total. The van der Waals surface area contributed by atoms with E-state index in [2.05, 4.69) is 69.0 Å². The first kappa shape index (κ1) is 12.7. The minimum absolute atomic E-state index is 0.815. The smallest absolute Gasteiger partial charge is 0.121 e. The minimum Gasteiger partial charge on any atom is -0.329 e. The summed E-state index contributed by atoms with van der Waals surface area (Å²) in [5, 5.41) is 2.31. The highest BCUT2D eigenvalue weighted by atomic mass is 28.4. The zero-order chi connectivity index (χ0) is 11.5. The van der Waals surface area contributed by atoms with Crippen molar-refractivity contribution < 1.29 is 0 Å². The van der Waals surface area contributed by atoms with Gasteiger partial charge in [-0.05, 0) is 19.3 Å². The number of nitrogens with zero attached hydrogens (tertiary/aromatic N) is 1. The molecule has 2 radical (unpaired) electrons. The van der Waals surface area contributed by atoms with Crippen LogP contribution in [0.2, 0.25) is 18.3 Å². The summed E-state index contributed by atoms with van der Waals surface area (Å²) in [5.74, 6) is 0. The highest BCUT2D eigenvalue weighted by Crippen LogP contribution is 2.21. The number of hydrogen-bond acceptors (Lipinski definition) is 1. The molecule has 1 aromatic rings. The van der Waals surface area contributed by atoms with Crippen LogP contribution in [0.3, 0.4) is 0 Å². The van der Waals surface area contributed by atoms with E-state index in [1.54, 1.807) is 0 Å². The minimum atomic E-state index is -1.22. The van der Waals surface area contributed by atoms with E-state index in [4.69, 9.17) is 0 Å². The van der Waals surface area contributed by atoms with E-state index in [1.165, 1.54) is 5.19 Å². The highest BCUT2D eigenvalue weighted by Gasteiger charge is 2.31. The van der Waals surface area contributed by atoms with Crippen LogP contribution in [0.1, 0.15) is 6.92 Å². The van der Waals surface area contributed by atoms with Crippen molar-refractivity contribution in [3.05, 3.63) is 30.3 Å². The third kappa shape index (κ3) is 3.29.